The molecular weight excluding hydrogens is 456 g/mol. The number of benzene rings is 3. The minimum Gasteiger partial charge on any atom is -0.497 e. The van der Waals surface area contributed by atoms with Gasteiger partial charge in [-0.1, -0.05) is 18.2 Å². The molecule has 0 bridgehead atoms. The lowest BCUT2D eigenvalue weighted by Crippen LogP contribution is -2.50. The number of nitrogens with zero attached hydrogens (tertiary/aromatic N) is 3. The molecule has 0 atom stereocenters. The summed E-state index contributed by atoms with van der Waals surface area (Å²) in [5.74, 6) is 0.543. The Labute approximate surface area is 210 Å². The molecule has 0 spiro atoms. The highest BCUT2D eigenvalue weighted by atomic mass is 16.5. The molecular formula is C28H30N4O4. The van der Waals surface area contributed by atoms with E-state index in [-0.39, 0.29) is 11.3 Å². The predicted octanol–water partition coefficient (Wildman–Crippen LogP) is 4.39. The van der Waals surface area contributed by atoms with E-state index >= 15 is 0 Å². The van der Waals surface area contributed by atoms with E-state index in [4.69, 9.17) is 9.73 Å². The lowest BCUT2D eigenvalue weighted by atomic mass is 10.1. The molecule has 1 aliphatic rings. The van der Waals surface area contributed by atoms with Crippen LogP contribution >= 0.6 is 0 Å². The number of hydrogen-bond donors (Lipinski definition) is 2. The molecule has 8 heteroatoms. The van der Waals surface area contributed by atoms with Crippen molar-refractivity contribution in [1.82, 2.24) is 4.90 Å². The van der Waals surface area contributed by atoms with Crippen molar-refractivity contribution in [2.45, 2.75) is 13.5 Å². The van der Waals surface area contributed by atoms with E-state index in [9.17, 15) is 14.7 Å². The molecule has 1 fully saturated rings. The summed E-state index contributed by atoms with van der Waals surface area (Å²) in [5.41, 5.74) is 3.68. The normalized spacial score (nSPS) is 13.9. The molecule has 4 rings (SSSR count). The number of carboxylic acid groups (broad SMARTS) is 1. The summed E-state index contributed by atoms with van der Waals surface area (Å²) in [7, 11) is 1.64. The molecule has 0 aliphatic carbocycles. The fraction of sp³-hybridized carbons (Fsp3) is 0.250. The van der Waals surface area contributed by atoms with E-state index in [1.54, 1.807) is 32.2 Å². The van der Waals surface area contributed by atoms with E-state index in [0.29, 0.717) is 23.8 Å². The SMILES string of the molecule is COc1cccc(CN=C(Nc2cccc(C(=O)O)c2)N2CCN(c3ccc(C(C)=O)cc3)CC2)c1. The highest BCUT2D eigenvalue weighted by Crippen LogP contribution is 2.20. The van der Waals surface area contributed by atoms with Crippen molar-refractivity contribution in [3.8, 4) is 5.75 Å². The van der Waals surface area contributed by atoms with Gasteiger partial charge in [0.2, 0.25) is 0 Å². The second kappa shape index (κ2) is 11.4. The van der Waals surface area contributed by atoms with Gasteiger partial charge in [-0.25, -0.2) is 9.79 Å². The van der Waals surface area contributed by atoms with Crippen molar-refractivity contribution in [2.24, 2.45) is 4.99 Å². The largest absolute Gasteiger partial charge is 0.497 e. The van der Waals surface area contributed by atoms with Gasteiger partial charge >= 0.3 is 5.97 Å². The van der Waals surface area contributed by atoms with Gasteiger partial charge in [0.05, 0.1) is 19.2 Å². The fourth-order valence-corrected chi connectivity index (χ4v) is 4.10. The number of hydrogen-bond acceptors (Lipinski definition) is 5. The number of piperazine rings is 1. The second-order valence-corrected chi connectivity index (χ2v) is 8.58. The van der Waals surface area contributed by atoms with Gasteiger partial charge in [0.1, 0.15) is 5.75 Å². The van der Waals surface area contributed by atoms with Crippen LogP contribution in [0, 0.1) is 0 Å². The third-order valence-corrected chi connectivity index (χ3v) is 6.13. The summed E-state index contributed by atoms with van der Waals surface area (Å²) in [5, 5.41) is 12.7. The maximum absolute atomic E-state index is 11.6. The van der Waals surface area contributed by atoms with Gasteiger partial charge in [-0.3, -0.25) is 4.79 Å². The summed E-state index contributed by atoms with van der Waals surface area (Å²) < 4.78 is 5.33. The maximum Gasteiger partial charge on any atom is 0.335 e. The van der Waals surface area contributed by atoms with Gasteiger partial charge in [-0.2, -0.15) is 0 Å². The molecule has 1 heterocycles. The molecule has 3 aromatic rings. The first-order chi connectivity index (χ1) is 17.4. The molecule has 0 radical (unpaired) electrons. The number of anilines is 2. The average molecular weight is 487 g/mol. The van der Waals surface area contributed by atoms with Crippen LogP contribution in [0.15, 0.2) is 77.8 Å². The predicted molar refractivity (Wildman–Crippen MR) is 141 cm³/mol. The number of Topliss-reactive ketones (excluding diaryl/α,β-unsaturated/α-hetero) is 1. The van der Waals surface area contributed by atoms with Crippen molar-refractivity contribution in [1.29, 1.82) is 0 Å². The number of carbonyl (C=O) groups excluding carboxylic acids is 1. The summed E-state index contributed by atoms with van der Waals surface area (Å²) >= 11 is 0. The fourth-order valence-electron chi connectivity index (χ4n) is 4.10. The van der Waals surface area contributed by atoms with Crippen LogP contribution in [0.2, 0.25) is 0 Å². The smallest absolute Gasteiger partial charge is 0.335 e. The van der Waals surface area contributed by atoms with Gasteiger partial charge in [0.15, 0.2) is 11.7 Å². The number of aromatic carboxylic acids is 1. The number of carbonyl (C=O) groups is 2. The van der Waals surface area contributed by atoms with E-state index in [2.05, 4.69) is 15.1 Å². The van der Waals surface area contributed by atoms with E-state index in [1.165, 1.54) is 0 Å². The Morgan fingerprint density at radius 1 is 0.944 bits per heavy atom. The Balaban J connectivity index is 1.51. The summed E-state index contributed by atoms with van der Waals surface area (Å²) in [4.78, 5) is 32.3. The average Bonchev–Trinajstić information content (AvgIpc) is 2.91. The van der Waals surface area contributed by atoms with Crippen LogP contribution in [-0.2, 0) is 6.54 Å². The Hall–Kier alpha value is -4.33. The third-order valence-electron chi connectivity index (χ3n) is 6.13. The van der Waals surface area contributed by atoms with Crippen LogP contribution in [0.4, 0.5) is 11.4 Å². The zero-order valence-electron chi connectivity index (χ0n) is 20.5. The van der Waals surface area contributed by atoms with E-state index < -0.39 is 5.97 Å². The number of methoxy groups -OCH3 is 1. The van der Waals surface area contributed by atoms with Gasteiger partial charge < -0.3 is 25.0 Å². The number of carboxylic acids is 1. The van der Waals surface area contributed by atoms with Crippen LogP contribution < -0.4 is 15.0 Å². The molecule has 0 amide bonds. The highest BCUT2D eigenvalue weighted by Gasteiger charge is 2.21. The Kier molecular flexibility index (Phi) is 7.85. The van der Waals surface area contributed by atoms with Crippen LogP contribution in [0.5, 0.6) is 5.75 Å². The molecule has 0 unspecified atom stereocenters. The maximum atomic E-state index is 11.6. The molecule has 1 aliphatic heterocycles. The van der Waals surface area contributed by atoms with Crippen molar-refractivity contribution in [3.05, 3.63) is 89.5 Å². The van der Waals surface area contributed by atoms with Crippen molar-refractivity contribution < 1.29 is 19.4 Å². The quantitative estimate of drug-likeness (QED) is 0.291. The van der Waals surface area contributed by atoms with Crippen LogP contribution in [0.25, 0.3) is 0 Å². The van der Waals surface area contributed by atoms with E-state index in [1.807, 2.05) is 54.6 Å². The van der Waals surface area contributed by atoms with Crippen LogP contribution in [-0.4, -0.2) is 61.0 Å². The summed E-state index contributed by atoms with van der Waals surface area (Å²) in [6.07, 6.45) is 0. The molecule has 36 heavy (non-hydrogen) atoms. The number of rotatable bonds is 7. The minimum absolute atomic E-state index is 0.0568. The molecule has 186 valence electrons. The molecule has 3 aromatic carbocycles. The highest BCUT2D eigenvalue weighted by molar-refractivity contribution is 5.96. The van der Waals surface area contributed by atoms with Gasteiger partial charge in [0.25, 0.3) is 0 Å². The van der Waals surface area contributed by atoms with E-state index in [0.717, 1.165) is 43.2 Å². The van der Waals surface area contributed by atoms with Gasteiger partial charge in [-0.15, -0.1) is 0 Å². The standard InChI is InChI=1S/C28H30N4O4/c1-20(33)22-9-11-25(12-10-22)31-13-15-32(16-14-31)28(29-19-21-5-3-8-26(17-21)36-2)30-24-7-4-6-23(18-24)27(34)35/h3-12,17-18H,13-16,19H2,1-2H3,(H,29,30)(H,34,35). The first-order valence-electron chi connectivity index (χ1n) is 11.8. The van der Waals surface area contributed by atoms with Crippen LogP contribution in [0.3, 0.4) is 0 Å². The molecule has 1 saturated heterocycles. The Bertz CT molecular complexity index is 1250. The number of ether oxygens (including phenoxy) is 1. The number of aliphatic imine (C=N–C) groups is 1. The third kappa shape index (κ3) is 6.21. The number of nitrogens with one attached hydrogen (secondary N) is 1. The van der Waals surface area contributed by atoms with Crippen molar-refractivity contribution in [3.63, 3.8) is 0 Å². The zero-order valence-corrected chi connectivity index (χ0v) is 20.5. The lowest BCUT2D eigenvalue weighted by molar-refractivity contribution is 0.0696. The van der Waals surface area contributed by atoms with Crippen molar-refractivity contribution in [2.75, 3.05) is 43.5 Å². The van der Waals surface area contributed by atoms with Gasteiger partial charge in [0, 0.05) is 43.1 Å². The minimum atomic E-state index is -0.974. The van der Waals surface area contributed by atoms with Crippen molar-refractivity contribution >= 4 is 29.1 Å². The Morgan fingerprint density at radius 2 is 1.67 bits per heavy atom. The summed E-state index contributed by atoms with van der Waals surface area (Å²) in [6.45, 7) is 5.06. The second-order valence-electron chi connectivity index (χ2n) is 8.58. The first-order valence-corrected chi connectivity index (χ1v) is 11.8. The number of guanidine groups is 1. The number of ketones is 1. The topological polar surface area (TPSA) is 94.5 Å². The lowest BCUT2D eigenvalue weighted by Gasteiger charge is -2.38. The zero-order chi connectivity index (χ0) is 25.5. The summed E-state index contributed by atoms with van der Waals surface area (Å²) in [6, 6.07) is 22.2. The molecule has 2 N–H and O–H groups in total. The molecule has 0 aromatic heterocycles. The van der Waals surface area contributed by atoms with Gasteiger partial charge in [-0.05, 0) is 67.1 Å². The Morgan fingerprint density at radius 3 is 2.33 bits per heavy atom. The monoisotopic (exact) mass is 486 g/mol. The van der Waals surface area contributed by atoms with Crippen LogP contribution in [0.1, 0.15) is 33.2 Å². The molecule has 8 nitrogen and oxygen atoms in total. The first kappa shape index (κ1) is 24.8. The molecule has 0 saturated carbocycles.